The Labute approximate surface area is 112 Å². The number of carbonyl (C=O) groups is 1. The number of hydrogen-bond acceptors (Lipinski definition) is 9. The number of H-pyrrole nitrogens is 1. The van der Waals surface area contributed by atoms with Gasteiger partial charge in [0.25, 0.3) is 0 Å². The number of imidazole rings is 1. The van der Waals surface area contributed by atoms with Crippen molar-refractivity contribution in [1.82, 2.24) is 19.9 Å². The molecule has 110 valence electrons. The summed E-state index contributed by atoms with van der Waals surface area (Å²) in [6.45, 7) is -0.688. The second-order valence-corrected chi connectivity index (χ2v) is 3.73. The van der Waals surface area contributed by atoms with Crippen LogP contribution in [0.2, 0.25) is 0 Å². The largest absolute Gasteiger partial charge is 0.394 e. The molecule has 10 nitrogen and oxygen atoms in total. The van der Waals surface area contributed by atoms with E-state index in [-0.39, 0.29) is 6.29 Å². The van der Waals surface area contributed by atoms with Gasteiger partial charge in [-0.3, -0.25) is 0 Å². The van der Waals surface area contributed by atoms with Crippen molar-refractivity contribution in [3.63, 3.8) is 0 Å². The maximum Gasteiger partial charge on any atom is 0.182 e. The fraction of sp³-hybridized carbons (Fsp3) is 0.400. The Balaban J connectivity index is 0.000000200. The molecular formula is C10H15N5O5. The zero-order chi connectivity index (χ0) is 15.1. The lowest BCUT2D eigenvalue weighted by molar-refractivity contribution is -0.127. The van der Waals surface area contributed by atoms with Gasteiger partial charge in [0, 0.05) is 0 Å². The summed E-state index contributed by atoms with van der Waals surface area (Å²) < 4.78 is 0. The molecule has 7 N–H and O–H groups in total. The number of fused-ring (bicyclic) bond motifs is 1. The van der Waals surface area contributed by atoms with Gasteiger partial charge in [0.05, 0.1) is 12.9 Å². The summed E-state index contributed by atoms with van der Waals surface area (Å²) in [6, 6.07) is 0. The quantitative estimate of drug-likeness (QED) is 0.323. The first kappa shape index (κ1) is 15.9. The first-order valence-corrected chi connectivity index (χ1v) is 5.51. The van der Waals surface area contributed by atoms with Gasteiger partial charge < -0.3 is 35.9 Å². The van der Waals surface area contributed by atoms with Crippen LogP contribution < -0.4 is 5.73 Å². The molecule has 0 aromatic carbocycles. The maximum absolute atomic E-state index is 9.76. The van der Waals surface area contributed by atoms with Crippen LogP contribution in [0.1, 0.15) is 0 Å². The molecule has 0 saturated heterocycles. The number of aliphatic hydroxyl groups excluding tert-OH is 4. The van der Waals surface area contributed by atoms with Crippen LogP contribution in [-0.2, 0) is 4.79 Å². The molecule has 0 spiro atoms. The van der Waals surface area contributed by atoms with E-state index in [1.54, 1.807) is 0 Å². The third-order valence-corrected chi connectivity index (χ3v) is 2.32. The Morgan fingerprint density at radius 3 is 2.55 bits per heavy atom. The van der Waals surface area contributed by atoms with E-state index in [0.29, 0.717) is 17.0 Å². The molecule has 2 heterocycles. The summed E-state index contributed by atoms with van der Waals surface area (Å²) in [4.78, 5) is 24.1. The van der Waals surface area contributed by atoms with Crippen LogP contribution in [0, 0.1) is 0 Å². The van der Waals surface area contributed by atoms with Crippen molar-refractivity contribution in [2.45, 2.75) is 18.3 Å². The molecule has 0 saturated carbocycles. The molecule has 0 aliphatic heterocycles. The number of hydrogen-bond donors (Lipinski definition) is 6. The highest BCUT2D eigenvalue weighted by Crippen LogP contribution is 2.09. The minimum Gasteiger partial charge on any atom is -0.394 e. The molecule has 0 radical (unpaired) electrons. The Morgan fingerprint density at radius 2 is 2.00 bits per heavy atom. The molecular weight excluding hydrogens is 270 g/mol. The second-order valence-electron chi connectivity index (χ2n) is 3.73. The lowest BCUT2D eigenvalue weighted by atomic mass is 10.1. The summed E-state index contributed by atoms with van der Waals surface area (Å²) in [5, 5.41) is 34.1. The van der Waals surface area contributed by atoms with Gasteiger partial charge in [-0.15, -0.1) is 0 Å². The van der Waals surface area contributed by atoms with Crippen LogP contribution in [0.5, 0.6) is 0 Å². The smallest absolute Gasteiger partial charge is 0.182 e. The van der Waals surface area contributed by atoms with Gasteiger partial charge in [0.1, 0.15) is 30.2 Å². The van der Waals surface area contributed by atoms with Crippen molar-refractivity contribution in [3.05, 3.63) is 12.7 Å². The predicted octanol–water partition coefficient (Wildman–Crippen LogP) is -2.80. The van der Waals surface area contributed by atoms with E-state index in [1.807, 2.05) is 0 Å². The fourth-order valence-electron chi connectivity index (χ4n) is 1.20. The lowest BCUT2D eigenvalue weighted by Gasteiger charge is -2.16. The molecule has 0 bridgehead atoms. The minimum absolute atomic E-state index is 0.0869. The van der Waals surface area contributed by atoms with Gasteiger partial charge in [-0.05, 0) is 0 Å². The monoisotopic (exact) mass is 285 g/mol. The summed E-state index contributed by atoms with van der Waals surface area (Å²) in [6.07, 6.45) is -1.71. The number of aliphatic hydroxyl groups is 4. The van der Waals surface area contributed by atoms with Crippen LogP contribution in [0.4, 0.5) is 5.82 Å². The average Bonchev–Trinajstić information content (AvgIpc) is 2.95. The van der Waals surface area contributed by atoms with E-state index in [0.717, 1.165) is 0 Å². The number of nitrogens with one attached hydrogen (secondary N) is 1. The number of anilines is 1. The lowest BCUT2D eigenvalue weighted by Crippen LogP contribution is -2.40. The van der Waals surface area contributed by atoms with Crippen LogP contribution >= 0.6 is 0 Å². The highest BCUT2D eigenvalue weighted by Gasteiger charge is 2.22. The topological polar surface area (TPSA) is 178 Å². The number of aromatic amines is 1. The number of nitrogens with two attached hydrogens (primary N) is 1. The van der Waals surface area contributed by atoms with Gasteiger partial charge in [0.2, 0.25) is 0 Å². The SMILES string of the molecule is Nc1ncnc2nc[nH]c12.O=C[C@H](O)[C@H](O)[C@H](O)CO. The van der Waals surface area contributed by atoms with Crippen molar-refractivity contribution >= 4 is 23.3 Å². The zero-order valence-electron chi connectivity index (χ0n) is 10.3. The van der Waals surface area contributed by atoms with E-state index in [1.165, 1.54) is 12.7 Å². The summed E-state index contributed by atoms with van der Waals surface area (Å²) >= 11 is 0. The number of carbonyl (C=O) groups excluding carboxylic acids is 1. The molecule has 0 fully saturated rings. The van der Waals surface area contributed by atoms with Gasteiger partial charge in [-0.1, -0.05) is 0 Å². The maximum atomic E-state index is 9.76. The van der Waals surface area contributed by atoms with E-state index in [9.17, 15) is 4.79 Å². The van der Waals surface area contributed by atoms with Crippen molar-refractivity contribution in [2.24, 2.45) is 0 Å². The molecule has 0 aliphatic carbocycles. The Morgan fingerprint density at radius 1 is 1.30 bits per heavy atom. The van der Waals surface area contributed by atoms with Crippen molar-refractivity contribution < 1.29 is 25.2 Å². The summed E-state index contributed by atoms with van der Waals surface area (Å²) in [7, 11) is 0. The Kier molecular flexibility index (Phi) is 5.93. The molecule has 2 aromatic rings. The van der Waals surface area contributed by atoms with E-state index in [2.05, 4.69) is 19.9 Å². The molecule has 0 aliphatic rings. The van der Waals surface area contributed by atoms with Crippen LogP contribution in [0.15, 0.2) is 12.7 Å². The number of aromatic nitrogens is 4. The zero-order valence-corrected chi connectivity index (χ0v) is 10.3. The molecule has 2 rings (SSSR count). The number of rotatable bonds is 4. The van der Waals surface area contributed by atoms with Crippen molar-refractivity contribution in [2.75, 3.05) is 12.3 Å². The van der Waals surface area contributed by atoms with Gasteiger partial charge in [-0.25, -0.2) is 15.0 Å². The van der Waals surface area contributed by atoms with Gasteiger partial charge in [0.15, 0.2) is 17.8 Å². The van der Waals surface area contributed by atoms with Crippen LogP contribution in [0.3, 0.4) is 0 Å². The highest BCUT2D eigenvalue weighted by molar-refractivity contribution is 5.80. The number of aldehydes is 1. The molecule has 20 heavy (non-hydrogen) atoms. The third-order valence-electron chi connectivity index (χ3n) is 2.32. The first-order valence-electron chi connectivity index (χ1n) is 5.51. The third kappa shape index (κ3) is 3.93. The molecule has 10 heteroatoms. The number of nitrogen functional groups attached to an aromatic ring is 1. The Hall–Kier alpha value is -2.14. The first-order chi connectivity index (χ1) is 9.51. The normalized spacial score (nSPS) is 15.0. The van der Waals surface area contributed by atoms with E-state index in [4.69, 9.17) is 26.2 Å². The van der Waals surface area contributed by atoms with E-state index >= 15 is 0 Å². The predicted molar refractivity (Wildman–Crippen MR) is 67.3 cm³/mol. The molecule has 0 unspecified atom stereocenters. The van der Waals surface area contributed by atoms with E-state index < -0.39 is 24.9 Å². The average molecular weight is 285 g/mol. The highest BCUT2D eigenvalue weighted by atomic mass is 16.4. The van der Waals surface area contributed by atoms with Crippen molar-refractivity contribution in [1.29, 1.82) is 0 Å². The summed E-state index contributed by atoms with van der Waals surface area (Å²) in [5.74, 6) is 0.433. The minimum atomic E-state index is -1.64. The van der Waals surface area contributed by atoms with Crippen molar-refractivity contribution in [3.8, 4) is 0 Å². The van der Waals surface area contributed by atoms with Gasteiger partial charge in [-0.2, -0.15) is 0 Å². The molecule has 3 atom stereocenters. The van der Waals surface area contributed by atoms with Crippen LogP contribution in [0.25, 0.3) is 11.2 Å². The fourth-order valence-corrected chi connectivity index (χ4v) is 1.20. The molecule has 0 amide bonds. The molecule has 2 aromatic heterocycles. The number of nitrogens with zero attached hydrogens (tertiary/aromatic N) is 3. The summed E-state index contributed by atoms with van der Waals surface area (Å²) in [5.41, 5.74) is 6.78. The van der Waals surface area contributed by atoms with Crippen LogP contribution in [-0.4, -0.2) is 71.6 Å². The Bertz CT molecular complexity index is 548. The second kappa shape index (κ2) is 7.45. The van der Waals surface area contributed by atoms with Gasteiger partial charge >= 0.3 is 0 Å². The standard InChI is InChI=1S/C5H5N5.C5H10O5/c6-4-3-5(9-1-7-3)10-2-8-4;6-1-3(8)5(10)4(9)2-7/h1-2H,(H3,6,7,8,9,10);1,3-5,7-10H,2H2/t;3-,4+,5-/m.0/s1.